The average molecular weight is 384 g/mol. The molecule has 0 bridgehead atoms. The van der Waals surface area contributed by atoms with E-state index in [0.29, 0.717) is 24.3 Å². The van der Waals surface area contributed by atoms with E-state index in [4.69, 9.17) is 9.47 Å². The molecule has 28 heavy (non-hydrogen) atoms. The van der Waals surface area contributed by atoms with E-state index in [1.54, 1.807) is 0 Å². The molecule has 7 nitrogen and oxygen atoms in total. The van der Waals surface area contributed by atoms with Gasteiger partial charge in [0.05, 0.1) is 26.2 Å². The number of quaternary nitrogens is 1. The fraction of sp³-hybridized carbons (Fsp3) is 0.429. The number of rotatable bonds is 4. The van der Waals surface area contributed by atoms with Crippen molar-refractivity contribution in [3.63, 3.8) is 0 Å². The maximum absolute atomic E-state index is 12.9. The number of nitrogens with one attached hydrogen (secondary N) is 2. The Bertz CT molecular complexity index is 926. The molecule has 148 valence electrons. The summed E-state index contributed by atoms with van der Waals surface area (Å²) in [6, 6.07) is 6.08. The van der Waals surface area contributed by atoms with Crippen LogP contribution < -0.4 is 14.4 Å². The third-order valence-electron chi connectivity index (χ3n) is 5.65. The van der Waals surface area contributed by atoms with Crippen LogP contribution in [0.15, 0.2) is 18.2 Å². The van der Waals surface area contributed by atoms with Crippen LogP contribution in [0, 0.1) is 13.8 Å². The Labute approximate surface area is 164 Å². The molecule has 2 aliphatic rings. The molecule has 2 aromatic rings. The maximum Gasteiger partial charge on any atom is 0.270 e. The van der Waals surface area contributed by atoms with Gasteiger partial charge in [0.2, 0.25) is 6.79 Å². The second-order valence-corrected chi connectivity index (χ2v) is 7.59. The molecule has 0 aliphatic carbocycles. The Balaban J connectivity index is 1.38. The van der Waals surface area contributed by atoms with Crippen molar-refractivity contribution in [2.75, 3.05) is 33.0 Å². The van der Waals surface area contributed by atoms with E-state index in [1.165, 1.54) is 17.4 Å². The summed E-state index contributed by atoms with van der Waals surface area (Å²) in [5.74, 6) is 1.58. The number of carbonyl (C=O) groups excluding carboxylic acids is 2. The lowest BCUT2D eigenvalue weighted by Crippen LogP contribution is -3.13. The minimum Gasteiger partial charge on any atom is -0.454 e. The predicted octanol–water partition coefficient (Wildman–Crippen LogP) is 1.10. The molecule has 1 fully saturated rings. The number of aromatic nitrogens is 1. The zero-order valence-corrected chi connectivity index (χ0v) is 16.6. The van der Waals surface area contributed by atoms with Gasteiger partial charge in [-0.05, 0) is 44.5 Å². The quantitative estimate of drug-likeness (QED) is 0.775. The van der Waals surface area contributed by atoms with E-state index >= 15 is 0 Å². The summed E-state index contributed by atoms with van der Waals surface area (Å²) < 4.78 is 10.8. The van der Waals surface area contributed by atoms with Crippen LogP contribution in [-0.4, -0.2) is 54.5 Å². The Hall–Kier alpha value is -2.80. The first-order valence-corrected chi connectivity index (χ1v) is 9.65. The third kappa shape index (κ3) is 3.38. The zero-order chi connectivity index (χ0) is 19.8. The maximum atomic E-state index is 12.9. The van der Waals surface area contributed by atoms with E-state index in [2.05, 4.69) is 11.1 Å². The van der Waals surface area contributed by atoms with Gasteiger partial charge >= 0.3 is 0 Å². The van der Waals surface area contributed by atoms with Gasteiger partial charge in [-0.2, -0.15) is 0 Å². The van der Waals surface area contributed by atoms with Gasteiger partial charge in [0.25, 0.3) is 5.91 Å². The number of Topliss-reactive ketones (excluding diaryl/α,β-unsaturated/α-hetero) is 1. The molecule has 4 rings (SSSR count). The van der Waals surface area contributed by atoms with Crippen LogP contribution in [0.3, 0.4) is 0 Å². The standard InChI is InChI=1S/C21H25N3O4/c1-13-19(15(3)25)14(2)22-20(13)21(26)24-8-6-23(7-9-24)11-16-4-5-17-18(10-16)28-12-27-17/h4-5,10,22H,6-9,11-12H2,1-3H3/p+1. The highest BCUT2D eigenvalue weighted by atomic mass is 16.7. The largest absolute Gasteiger partial charge is 0.454 e. The number of carbonyl (C=O) groups is 2. The molecule has 2 N–H and O–H groups in total. The number of amides is 1. The molecule has 0 spiro atoms. The van der Waals surface area contributed by atoms with Crippen molar-refractivity contribution in [3.8, 4) is 11.5 Å². The first-order chi connectivity index (χ1) is 13.4. The topological polar surface area (TPSA) is 76.1 Å². The Morgan fingerprint density at radius 3 is 2.54 bits per heavy atom. The number of aromatic amines is 1. The molecule has 1 aromatic heterocycles. The first-order valence-electron chi connectivity index (χ1n) is 9.65. The lowest BCUT2D eigenvalue weighted by Gasteiger charge is -2.32. The van der Waals surface area contributed by atoms with E-state index in [9.17, 15) is 9.59 Å². The van der Waals surface area contributed by atoms with Crippen LogP contribution in [0.2, 0.25) is 0 Å². The highest BCUT2D eigenvalue weighted by Gasteiger charge is 2.28. The summed E-state index contributed by atoms with van der Waals surface area (Å²) in [7, 11) is 0. The predicted molar refractivity (Wildman–Crippen MR) is 103 cm³/mol. The Kier molecular flexibility index (Phi) is 4.85. The van der Waals surface area contributed by atoms with Crippen molar-refractivity contribution >= 4 is 11.7 Å². The first kappa shape index (κ1) is 18.6. The number of fused-ring (bicyclic) bond motifs is 1. The van der Waals surface area contributed by atoms with Crippen LogP contribution in [0.25, 0.3) is 0 Å². The number of nitrogens with zero attached hydrogens (tertiary/aromatic N) is 1. The smallest absolute Gasteiger partial charge is 0.270 e. The Morgan fingerprint density at radius 2 is 1.86 bits per heavy atom. The van der Waals surface area contributed by atoms with Gasteiger partial charge in [0.15, 0.2) is 17.3 Å². The molecule has 0 atom stereocenters. The third-order valence-corrected chi connectivity index (χ3v) is 5.65. The molecule has 0 radical (unpaired) electrons. The van der Waals surface area contributed by atoms with E-state index in [0.717, 1.165) is 42.4 Å². The SMILES string of the molecule is CC(=O)c1c(C)[nH]c(C(=O)N2CC[NH+](Cc3ccc4c(c3)OCO4)CC2)c1C. The van der Waals surface area contributed by atoms with Crippen LogP contribution >= 0.6 is 0 Å². The molecule has 1 aromatic carbocycles. The summed E-state index contributed by atoms with van der Waals surface area (Å²) in [5, 5.41) is 0. The van der Waals surface area contributed by atoms with Gasteiger partial charge in [-0.1, -0.05) is 0 Å². The molecule has 1 amide bonds. The van der Waals surface area contributed by atoms with Gasteiger partial charge in [-0.3, -0.25) is 9.59 Å². The molecule has 0 unspecified atom stereocenters. The summed E-state index contributed by atoms with van der Waals surface area (Å²) in [4.78, 5) is 31.2. The van der Waals surface area contributed by atoms with Crippen LogP contribution in [0.4, 0.5) is 0 Å². The average Bonchev–Trinajstić information content (AvgIpc) is 3.25. The van der Waals surface area contributed by atoms with Crippen molar-refractivity contribution in [2.24, 2.45) is 0 Å². The summed E-state index contributed by atoms with van der Waals surface area (Å²) in [5.41, 5.74) is 3.91. The molecule has 7 heteroatoms. The molecular formula is C21H26N3O4+. The highest BCUT2D eigenvalue weighted by Crippen LogP contribution is 2.32. The van der Waals surface area contributed by atoms with E-state index in [1.807, 2.05) is 30.9 Å². The van der Waals surface area contributed by atoms with Gasteiger partial charge in [0, 0.05) is 16.8 Å². The van der Waals surface area contributed by atoms with Gasteiger partial charge < -0.3 is 24.3 Å². The number of H-pyrrole nitrogens is 1. The fourth-order valence-corrected chi connectivity index (χ4v) is 4.19. The lowest BCUT2D eigenvalue weighted by molar-refractivity contribution is -0.917. The number of benzene rings is 1. The Morgan fingerprint density at radius 1 is 1.14 bits per heavy atom. The highest BCUT2D eigenvalue weighted by molar-refractivity contribution is 6.02. The monoisotopic (exact) mass is 384 g/mol. The van der Waals surface area contributed by atoms with Gasteiger partial charge in [-0.25, -0.2) is 0 Å². The lowest BCUT2D eigenvalue weighted by atomic mass is 10.1. The van der Waals surface area contributed by atoms with Crippen LogP contribution in [0.5, 0.6) is 11.5 Å². The van der Waals surface area contributed by atoms with Crippen molar-refractivity contribution in [2.45, 2.75) is 27.3 Å². The number of aryl methyl sites for hydroxylation is 1. The van der Waals surface area contributed by atoms with Crippen molar-refractivity contribution < 1.29 is 24.0 Å². The summed E-state index contributed by atoms with van der Waals surface area (Å²) in [6.07, 6.45) is 0. The summed E-state index contributed by atoms with van der Waals surface area (Å²) >= 11 is 0. The second-order valence-electron chi connectivity index (χ2n) is 7.59. The number of ether oxygens (including phenoxy) is 2. The van der Waals surface area contributed by atoms with Crippen molar-refractivity contribution in [3.05, 3.63) is 46.3 Å². The van der Waals surface area contributed by atoms with Crippen molar-refractivity contribution in [1.82, 2.24) is 9.88 Å². The fourth-order valence-electron chi connectivity index (χ4n) is 4.19. The normalized spacial score (nSPS) is 16.5. The second kappa shape index (κ2) is 7.31. The van der Waals surface area contributed by atoms with Crippen LogP contribution in [0.1, 0.15) is 44.6 Å². The number of hydrogen-bond acceptors (Lipinski definition) is 4. The van der Waals surface area contributed by atoms with Gasteiger partial charge in [0.1, 0.15) is 12.2 Å². The number of hydrogen-bond donors (Lipinski definition) is 2. The van der Waals surface area contributed by atoms with Crippen LogP contribution in [-0.2, 0) is 6.54 Å². The molecular weight excluding hydrogens is 358 g/mol. The molecule has 2 aliphatic heterocycles. The van der Waals surface area contributed by atoms with E-state index in [-0.39, 0.29) is 18.5 Å². The van der Waals surface area contributed by atoms with Gasteiger partial charge in [-0.15, -0.1) is 0 Å². The summed E-state index contributed by atoms with van der Waals surface area (Å²) in [6.45, 7) is 9.58. The zero-order valence-electron chi connectivity index (χ0n) is 16.6. The van der Waals surface area contributed by atoms with Crippen molar-refractivity contribution in [1.29, 1.82) is 0 Å². The number of ketones is 1. The minimum atomic E-state index is -0.0183. The number of piperazine rings is 1. The molecule has 0 saturated carbocycles. The molecule has 3 heterocycles. The molecule has 1 saturated heterocycles. The minimum absolute atomic E-state index is 0.0108. The van der Waals surface area contributed by atoms with E-state index < -0.39 is 0 Å².